The number of hydrogen-bond acceptors (Lipinski definition) is 3. The average Bonchev–Trinajstić information content (AvgIpc) is 2.79. The molecule has 5 heteroatoms. The summed E-state index contributed by atoms with van der Waals surface area (Å²) in [6.07, 6.45) is 2.19. The normalized spacial score (nSPS) is 14.4. The maximum Gasteiger partial charge on any atom is 0.153 e. The van der Waals surface area contributed by atoms with Crippen molar-refractivity contribution < 1.29 is 4.74 Å². The fourth-order valence-electron chi connectivity index (χ4n) is 2.37. The fraction of sp³-hybridized carbons (Fsp3) is 0.364. The number of nitrogen functional groups attached to an aromatic ring is 1. The Morgan fingerprint density at radius 2 is 2.38 bits per heavy atom. The molecule has 0 fully saturated rings. The van der Waals surface area contributed by atoms with Gasteiger partial charge in [0.15, 0.2) is 5.75 Å². The molecular formula is C11H12BrN3O. The third-order valence-electron chi connectivity index (χ3n) is 3.04. The molecule has 1 aromatic heterocycles. The number of halogens is 1. The summed E-state index contributed by atoms with van der Waals surface area (Å²) in [6.45, 7) is 0.986. The van der Waals surface area contributed by atoms with Crippen LogP contribution >= 0.6 is 15.9 Å². The summed E-state index contributed by atoms with van der Waals surface area (Å²) in [6, 6.07) is 1.85. The predicted octanol–water partition coefficient (Wildman–Crippen LogP) is 2.34. The molecule has 3 rings (SSSR count). The Hall–Kier alpha value is -1.23. The quantitative estimate of drug-likeness (QED) is 0.817. The molecule has 84 valence electrons. The Labute approximate surface area is 101 Å². The lowest BCUT2D eigenvalue weighted by Crippen LogP contribution is -1.94. The second-order valence-electron chi connectivity index (χ2n) is 3.98. The molecule has 2 N–H and O–H groups in total. The molecule has 0 saturated carbocycles. The molecule has 4 nitrogen and oxygen atoms in total. The van der Waals surface area contributed by atoms with E-state index in [-0.39, 0.29) is 0 Å². The van der Waals surface area contributed by atoms with Crippen LogP contribution in [0.5, 0.6) is 5.75 Å². The molecule has 2 aromatic rings. The van der Waals surface area contributed by atoms with Gasteiger partial charge < -0.3 is 10.5 Å². The summed E-state index contributed by atoms with van der Waals surface area (Å²) in [4.78, 5) is 0. The van der Waals surface area contributed by atoms with Gasteiger partial charge in [-0.25, -0.2) is 0 Å². The molecule has 1 aliphatic heterocycles. The van der Waals surface area contributed by atoms with Crippen LogP contribution in [0.2, 0.25) is 0 Å². The van der Waals surface area contributed by atoms with E-state index >= 15 is 0 Å². The zero-order valence-corrected chi connectivity index (χ0v) is 10.5. The molecular weight excluding hydrogens is 270 g/mol. The van der Waals surface area contributed by atoms with Gasteiger partial charge in [-0.1, -0.05) is 0 Å². The van der Waals surface area contributed by atoms with Gasteiger partial charge in [0, 0.05) is 11.0 Å². The number of nitrogens with zero attached hydrogens (tertiary/aromatic N) is 2. The van der Waals surface area contributed by atoms with Crippen LogP contribution in [0.3, 0.4) is 0 Å². The number of aromatic nitrogens is 2. The van der Waals surface area contributed by atoms with Crippen LogP contribution in [0.25, 0.3) is 10.9 Å². The Morgan fingerprint density at radius 3 is 3.12 bits per heavy atom. The van der Waals surface area contributed by atoms with E-state index in [2.05, 4.69) is 25.7 Å². The maximum absolute atomic E-state index is 5.96. The molecule has 1 aliphatic rings. The molecule has 16 heavy (non-hydrogen) atoms. The van der Waals surface area contributed by atoms with Crippen LogP contribution in [-0.2, 0) is 13.0 Å². The van der Waals surface area contributed by atoms with Gasteiger partial charge in [0.2, 0.25) is 0 Å². The molecule has 0 bridgehead atoms. The van der Waals surface area contributed by atoms with E-state index in [9.17, 15) is 0 Å². The van der Waals surface area contributed by atoms with Crippen LogP contribution < -0.4 is 10.5 Å². The molecule has 0 unspecified atom stereocenters. The molecule has 1 aromatic carbocycles. The molecule has 0 spiro atoms. The lowest BCUT2D eigenvalue weighted by atomic mass is 10.1. The zero-order valence-electron chi connectivity index (χ0n) is 8.96. The lowest BCUT2D eigenvalue weighted by Gasteiger charge is -2.07. The second kappa shape index (κ2) is 3.38. The summed E-state index contributed by atoms with van der Waals surface area (Å²) in [5.74, 6) is 0.751. The molecule has 0 amide bonds. The smallest absolute Gasteiger partial charge is 0.153 e. The minimum atomic E-state index is 0.657. The highest BCUT2D eigenvalue weighted by Gasteiger charge is 2.22. The number of aryl methyl sites for hydroxylation is 2. The maximum atomic E-state index is 5.96. The standard InChI is InChI=1S/C11H12BrN3O/c1-16-11-7(13)5-6(12)10-9(11)8-3-2-4-15(8)14-10/h5H,2-4,13H2,1H3. The number of fused-ring (bicyclic) bond motifs is 3. The van der Waals surface area contributed by atoms with Gasteiger partial charge in [0.25, 0.3) is 0 Å². The third kappa shape index (κ3) is 1.18. The van der Waals surface area contributed by atoms with Crippen molar-refractivity contribution >= 4 is 32.5 Å². The van der Waals surface area contributed by atoms with Crippen molar-refractivity contribution in [2.45, 2.75) is 19.4 Å². The lowest BCUT2D eigenvalue weighted by molar-refractivity contribution is 0.421. The van der Waals surface area contributed by atoms with Crippen LogP contribution in [0.1, 0.15) is 12.1 Å². The number of ether oxygens (including phenoxy) is 1. The third-order valence-corrected chi connectivity index (χ3v) is 3.65. The highest BCUT2D eigenvalue weighted by Crippen LogP contribution is 2.40. The Morgan fingerprint density at radius 1 is 1.56 bits per heavy atom. The molecule has 2 heterocycles. The first-order valence-corrected chi connectivity index (χ1v) is 6.03. The molecule has 0 radical (unpaired) electrons. The van der Waals surface area contributed by atoms with Crippen molar-refractivity contribution in [2.24, 2.45) is 0 Å². The summed E-state index contributed by atoms with van der Waals surface area (Å²) in [5.41, 5.74) is 8.80. The van der Waals surface area contributed by atoms with Crippen LogP contribution in [0.15, 0.2) is 10.5 Å². The van der Waals surface area contributed by atoms with Gasteiger partial charge in [0.1, 0.15) is 5.52 Å². The number of anilines is 1. The number of nitrogens with two attached hydrogens (primary N) is 1. The van der Waals surface area contributed by atoms with E-state index in [0.29, 0.717) is 5.69 Å². The first kappa shape index (κ1) is 9.96. The van der Waals surface area contributed by atoms with Gasteiger partial charge in [-0.15, -0.1) is 0 Å². The summed E-state index contributed by atoms with van der Waals surface area (Å²) in [5, 5.41) is 5.64. The van der Waals surface area contributed by atoms with E-state index < -0.39 is 0 Å². The number of methoxy groups -OCH3 is 1. The Kier molecular flexibility index (Phi) is 2.10. The molecule has 0 saturated heterocycles. The van der Waals surface area contributed by atoms with Gasteiger partial charge in [-0.2, -0.15) is 5.10 Å². The van der Waals surface area contributed by atoms with E-state index in [1.807, 2.05) is 6.07 Å². The van der Waals surface area contributed by atoms with Crippen molar-refractivity contribution in [3.8, 4) is 5.75 Å². The van der Waals surface area contributed by atoms with Gasteiger partial charge in [0.05, 0.1) is 23.9 Å². The number of rotatable bonds is 1. The summed E-state index contributed by atoms with van der Waals surface area (Å²) >= 11 is 3.50. The minimum absolute atomic E-state index is 0.657. The highest BCUT2D eigenvalue weighted by molar-refractivity contribution is 9.10. The molecule has 0 atom stereocenters. The average molecular weight is 282 g/mol. The van der Waals surface area contributed by atoms with Gasteiger partial charge in [-0.3, -0.25) is 4.68 Å². The van der Waals surface area contributed by atoms with Gasteiger partial charge in [-0.05, 0) is 34.8 Å². The largest absolute Gasteiger partial charge is 0.494 e. The van der Waals surface area contributed by atoms with Crippen molar-refractivity contribution in [1.29, 1.82) is 0 Å². The van der Waals surface area contributed by atoms with Crippen molar-refractivity contribution in [2.75, 3.05) is 12.8 Å². The van der Waals surface area contributed by atoms with Crippen LogP contribution in [-0.4, -0.2) is 16.9 Å². The van der Waals surface area contributed by atoms with Crippen molar-refractivity contribution in [3.05, 3.63) is 16.2 Å². The van der Waals surface area contributed by atoms with Gasteiger partial charge >= 0.3 is 0 Å². The van der Waals surface area contributed by atoms with E-state index in [4.69, 9.17) is 10.5 Å². The topological polar surface area (TPSA) is 53.1 Å². The number of benzene rings is 1. The van der Waals surface area contributed by atoms with Crippen molar-refractivity contribution in [1.82, 2.24) is 9.78 Å². The highest BCUT2D eigenvalue weighted by atomic mass is 79.9. The first-order valence-electron chi connectivity index (χ1n) is 5.23. The summed E-state index contributed by atoms with van der Waals surface area (Å²) in [7, 11) is 1.65. The van der Waals surface area contributed by atoms with Crippen molar-refractivity contribution in [3.63, 3.8) is 0 Å². The number of hydrogen-bond donors (Lipinski definition) is 1. The van der Waals surface area contributed by atoms with E-state index in [0.717, 1.165) is 40.5 Å². The molecule has 0 aliphatic carbocycles. The fourth-order valence-corrected chi connectivity index (χ4v) is 2.90. The predicted molar refractivity (Wildman–Crippen MR) is 66.7 cm³/mol. The monoisotopic (exact) mass is 281 g/mol. The summed E-state index contributed by atoms with van der Waals surface area (Å²) < 4.78 is 8.38. The Bertz CT molecular complexity index is 576. The van der Waals surface area contributed by atoms with E-state index in [1.54, 1.807) is 7.11 Å². The first-order chi connectivity index (χ1) is 7.72. The van der Waals surface area contributed by atoms with Crippen LogP contribution in [0, 0.1) is 0 Å². The van der Waals surface area contributed by atoms with E-state index in [1.165, 1.54) is 5.69 Å². The second-order valence-corrected chi connectivity index (χ2v) is 4.83. The SMILES string of the molecule is COc1c(N)cc(Br)c2nn3c(c12)CCC3. The van der Waals surface area contributed by atoms with Crippen LogP contribution in [0.4, 0.5) is 5.69 Å². The zero-order chi connectivity index (χ0) is 11.3. The minimum Gasteiger partial charge on any atom is -0.494 e. The Balaban J connectivity index is 2.46.